The van der Waals surface area contributed by atoms with Crippen LogP contribution in [-0.4, -0.2) is 44.2 Å². The zero-order valence-corrected chi connectivity index (χ0v) is 15.1. The van der Waals surface area contributed by atoms with Gasteiger partial charge in [-0.1, -0.05) is 0 Å². The molecule has 1 aromatic rings. The summed E-state index contributed by atoms with van der Waals surface area (Å²) in [5, 5.41) is 0. The summed E-state index contributed by atoms with van der Waals surface area (Å²) in [6.45, 7) is 3.00. The summed E-state index contributed by atoms with van der Waals surface area (Å²) in [5.74, 6) is -0.549. The van der Waals surface area contributed by atoms with E-state index in [9.17, 15) is 18.0 Å². The van der Waals surface area contributed by atoms with E-state index in [2.05, 4.69) is 0 Å². The van der Waals surface area contributed by atoms with E-state index < -0.39 is 10.0 Å². The Morgan fingerprint density at radius 3 is 2.40 bits per heavy atom. The molecule has 2 N–H and O–H groups in total. The van der Waals surface area contributed by atoms with Crippen LogP contribution in [0.15, 0.2) is 23.1 Å². The summed E-state index contributed by atoms with van der Waals surface area (Å²) in [7, 11) is -3.62. The number of primary amides is 1. The van der Waals surface area contributed by atoms with Crippen LogP contribution in [0.25, 0.3) is 0 Å². The van der Waals surface area contributed by atoms with Crippen molar-refractivity contribution in [1.82, 2.24) is 4.31 Å². The normalized spacial score (nSPS) is 20.2. The molecular weight excluding hydrogens is 342 g/mol. The molecule has 0 aromatic heterocycles. The number of nitrogens with two attached hydrogens (primary N) is 1. The van der Waals surface area contributed by atoms with Gasteiger partial charge in [-0.05, 0) is 49.9 Å². The Hall–Kier alpha value is -1.93. The molecule has 0 atom stereocenters. The Morgan fingerprint density at radius 2 is 1.88 bits per heavy atom. The first kappa shape index (κ1) is 17.9. The molecule has 3 rings (SSSR count). The number of aryl methyl sites for hydroxylation is 1. The highest BCUT2D eigenvalue weighted by molar-refractivity contribution is 7.89. The van der Waals surface area contributed by atoms with Gasteiger partial charge in [-0.3, -0.25) is 9.59 Å². The van der Waals surface area contributed by atoms with Gasteiger partial charge in [0.1, 0.15) is 0 Å². The van der Waals surface area contributed by atoms with Gasteiger partial charge in [0.25, 0.3) is 0 Å². The fraction of sp³-hybridized carbons (Fsp3) is 0.529. The fourth-order valence-electron chi connectivity index (χ4n) is 3.53. The molecule has 2 aliphatic rings. The molecule has 8 heteroatoms. The second-order valence-electron chi connectivity index (χ2n) is 6.68. The number of nitrogens with zero attached hydrogens (tertiary/aromatic N) is 2. The predicted octanol–water partition coefficient (Wildman–Crippen LogP) is 1.01. The minimum Gasteiger partial charge on any atom is -0.369 e. The molecule has 0 aliphatic carbocycles. The van der Waals surface area contributed by atoms with Crippen molar-refractivity contribution >= 4 is 27.5 Å². The monoisotopic (exact) mass is 365 g/mol. The summed E-state index contributed by atoms with van der Waals surface area (Å²) in [5.41, 5.74) is 6.67. The van der Waals surface area contributed by atoms with Gasteiger partial charge in [-0.25, -0.2) is 8.42 Å². The van der Waals surface area contributed by atoms with Crippen LogP contribution in [0.2, 0.25) is 0 Å². The number of hydrogen-bond acceptors (Lipinski definition) is 4. The number of benzene rings is 1. The van der Waals surface area contributed by atoms with Crippen LogP contribution in [-0.2, 0) is 19.6 Å². The molecule has 0 spiro atoms. The van der Waals surface area contributed by atoms with Crippen LogP contribution < -0.4 is 10.6 Å². The Balaban J connectivity index is 1.81. The number of sulfonamides is 1. The molecule has 0 radical (unpaired) electrons. The van der Waals surface area contributed by atoms with Gasteiger partial charge in [0.05, 0.1) is 4.90 Å². The summed E-state index contributed by atoms with van der Waals surface area (Å²) in [4.78, 5) is 25.1. The molecule has 7 nitrogen and oxygen atoms in total. The van der Waals surface area contributed by atoms with Gasteiger partial charge in [0, 0.05) is 37.7 Å². The molecule has 0 saturated carbocycles. The van der Waals surface area contributed by atoms with Crippen LogP contribution >= 0.6 is 0 Å². The third-order valence-corrected chi connectivity index (χ3v) is 7.08. The third-order valence-electron chi connectivity index (χ3n) is 5.02. The van der Waals surface area contributed by atoms with Crippen molar-refractivity contribution < 1.29 is 18.0 Å². The van der Waals surface area contributed by atoms with Crippen molar-refractivity contribution in [2.75, 3.05) is 24.5 Å². The Bertz CT molecular complexity index is 798. The van der Waals surface area contributed by atoms with Gasteiger partial charge in [-0.2, -0.15) is 4.31 Å². The van der Waals surface area contributed by atoms with E-state index >= 15 is 0 Å². The maximum absolute atomic E-state index is 12.9. The van der Waals surface area contributed by atoms with E-state index in [0.717, 1.165) is 12.1 Å². The Labute approximate surface area is 147 Å². The zero-order chi connectivity index (χ0) is 18.2. The van der Waals surface area contributed by atoms with E-state index in [1.807, 2.05) is 0 Å². The van der Waals surface area contributed by atoms with E-state index in [-0.39, 0.29) is 22.6 Å². The molecular formula is C17H23N3O4S. The zero-order valence-electron chi connectivity index (χ0n) is 14.3. The first-order valence-electron chi connectivity index (χ1n) is 8.51. The van der Waals surface area contributed by atoms with E-state index in [1.54, 1.807) is 30.0 Å². The second-order valence-corrected chi connectivity index (χ2v) is 8.59. The first-order valence-corrected chi connectivity index (χ1v) is 9.95. The minimum absolute atomic E-state index is 0.0727. The molecule has 2 amide bonds. The van der Waals surface area contributed by atoms with Crippen molar-refractivity contribution in [3.63, 3.8) is 0 Å². The van der Waals surface area contributed by atoms with Crippen molar-refractivity contribution in [3.05, 3.63) is 23.8 Å². The minimum atomic E-state index is -3.62. The summed E-state index contributed by atoms with van der Waals surface area (Å²) < 4.78 is 27.2. The number of carbonyl (C=O) groups is 2. The van der Waals surface area contributed by atoms with Gasteiger partial charge < -0.3 is 10.6 Å². The van der Waals surface area contributed by atoms with Gasteiger partial charge >= 0.3 is 0 Å². The van der Waals surface area contributed by atoms with Crippen molar-refractivity contribution in [1.29, 1.82) is 0 Å². The van der Waals surface area contributed by atoms with Crippen molar-refractivity contribution in [2.24, 2.45) is 11.7 Å². The standard InChI is InChI=1S/C17H23N3O4S/c1-12-11-14(20-8-2-3-16(20)21)4-5-15(12)25(23,24)19-9-6-13(7-10-19)17(18)22/h4-5,11,13H,2-3,6-10H2,1H3,(H2,18,22). The Kier molecular flexibility index (Phi) is 4.83. The van der Waals surface area contributed by atoms with Crippen LogP contribution in [0, 0.1) is 12.8 Å². The second kappa shape index (κ2) is 6.76. The van der Waals surface area contributed by atoms with E-state index in [0.29, 0.717) is 44.5 Å². The molecule has 1 aromatic carbocycles. The molecule has 2 aliphatic heterocycles. The lowest BCUT2D eigenvalue weighted by atomic mass is 9.98. The lowest BCUT2D eigenvalue weighted by Crippen LogP contribution is -2.41. The van der Waals surface area contributed by atoms with E-state index in [4.69, 9.17) is 5.73 Å². The number of hydrogen-bond donors (Lipinski definition) is 1. The van der Waals surface area contributed by atoms with Crippen LogP contribution in [0.3, 0.4) is 0 Å². The lowest BCUT2D eigenvalue weighted by molar-refractivity contribution is -0.122. The highest BCUT2D eigenvalue weighted by Crippen LogP contribution is 2.29. The molecule has 2 saturated heterocycles. The number of rotatable bonds is 4. The lowest BCUT2D eigenvalue weighted by Gasteiger charge is -2.30. The topological polar surface area (TPSA) is 101 Å². The molecule has 2 fully saturated rings. The number of carbonyl (C=O) groups excluding carboxylic acids is 2. The first-order chi connectivity index (χ1) is 11.8. The largest absolute Gasteiger partial charge is 0.369 e. The molecule has 25 heavy (non-hydrogen) atoms. The maximum Gasteiger partial charge on any atom is 0.243 e. The van der Waals surface area contributed by atoms with Crippen molar-refractivity contribution in [2.45, 2.75) is 37.5 Å². The molecule has 0 unspecified atom stereocenters. The number of piperidine rings is 1. The van der Waals surface area contributed by atoms with Gasteiger partial charge in [0.15, 0.2) is 0 Å². The summed E-state index contributed by atoms with van der Waals surface area (Å²) >= 11 is 0. The molecule has 136 valence electrons. The average Bonchev–Trinajstić information content (AvgIpc) is 3.00. The van der Waals surface area contributed by atoms with Crippen LogP contribution in [0.4, 0.5) is 5.69 Å². The van der Waals surface area contributed by atoms with Crippen molar-refractivity contribution in [3.8, 4) is 0 Å². The third kappa shape index (κ3) is 3.41. The van der Waals surface area contributed by atoms with Crippen LogP contribution in [0.5, 0.6) is 0 Å². The van der Waals surface area contributed by atoms with E-state index in [1.165, 1.54) is 4.31 Å². The quantitative estimate of drug-likeness (QED) is 0.860. The summed E-state index contributed by atoms with van der Waals surface area (Å²) in [6.07, 6.45) is 2.27. The fourth-order valence-corrected chi connectivity index (χ4v) is 5.21. The number of amides is 2. The molecule has 2 heterocycles. The smallest absolute Gasteiger partial charge is 0.243 e. The highest BCUT2D eigenvalue weighted by atomic mass is 32.2. The average molecular weight is 365 g/mol. The van der Waals surface area contributed by atoms with Gasteiger partial charge in [0.2, 0.25) is 21.8 Å². The Morgan fingerprint density at radius 1 is 1.20 bits per heavy atom. The summed E-state index contributed by atoms with van der Waals surface area (Å²) in [6, 6.07) is 5.03. The highest BCUT2D eigenvalue weighted by Gasteiger charge is 2.32. The molecule has 0 bridgehead atoms. The van der Waals surface area contributed by atoms with Crippen LogP contribution in [0.1, 0.15) is 31.2 Å². The SMILES string of the molecule is Cc1cc(N2CCCC2=O)ccc1S(=O)(=O)N1CCC(C(N)=O)CC1. The number of anilines is 1. The van der Waals surface area contributed by atoms with Gasteiger partial charge in [-0.15, -0.1) is 0 Å². The maximum atomic E-state index is 12.9. The predicted molar refractivity (Wildman–Crippen MR) is 93.4 cm³/mol.